The lowest BCUT2D eigenvalue weighted by molar-refractivity contribution is -0.119. The van der Waals surface area contributed by atoms with E-state index in [0.717, 1.165) is 5.56 Å². The summed E-state index contributed by atoms with van der Waals surface area (Å²) in [5.41, 5.74) is 1.13. The number of terminal acetylenes is 1. The van der Waals surface area contributed by atoms with Gasteiger partial charge in [0, 0.05) is 13.3 Å². The van der Waals surface area contributed by atoms with E-state index in [1.807, 2.05) is 30.3 Å². The minimum absolute atomic E-state index is 0.0936. The molecule has 1 N–H and O–H groups in total. The topological polar surface area (TPSA) is 29.1 Å². The molecule has 0 saturated carbocycles. The van der Waals surface area contributed by atoms with Crippen LogP contribution >= 0.6 is 0 Å². The number of carbonyl (C=O) groups excluding carboxylic acids is 1. The molecule has 0 fully saturated rings. The van der Waals surface area contributed by atoms with Crippen LogP contribution in [0.25, 0.3) is 0 Å². The normalized spacial score (nSPS) is 11.4. The fraction of sp³-hybridized carbons (Fsp3) is 0.250. The van der Waals surface area contributed by atoms with E-state index in [1.54, 1.807) is 0 Å². The first-order valence-electron chi connectivity index (χ1n) is 4.49. The second-order valence-corrected chi connectivity index (χ2v) is 3.11. The second kappa shape index (κ2) is 5.08. The third-order valence-electron chi connectivity index (χ3n) is 1.86. The summed E-state index contributed by atoms with van der Waals surface area (Å²) in [6.07, 6.45) is 5.98. The van der Waals surface area contributed by atoms with Crippen LogP contribution in [-0.4, -0.2) is 11.9 Å². The van der Waals surface area contributed by atoms with Crippen molar-refractivity contribution < 1.29 is 4.79 Å². The number of amides is 1. The monoisotopic (exact) mass is 187 g/mol. The molecule has 1 aromatic carbocycles. The van der Waals surface area contributed by atoms with E-state index < -0.39 is 0 Å². The van der Waals surface area contributed by atoms with Gasteiger partial charge in [-0.3, -0.25) is 4.79 Å². The van der Waals surface area contributed by atoms with Gasteiger partial charge >= 0.3 is 0 Å². The lowest BCUT2D eigenvalue weighted by Crippen LogP contribution is -2.33. The molecule has 0 heterocycles. The first kappa shape index (κ1) is 10.3. The molecule has 0 aliphatic rings. The first-order valence-corrected chi connectivity index (χ1v) is 4.49. The zero-order valence-electron chi connectivity index (χ0n) is 8.16. The van der Waals surface area contributed by atoms with Crippen LogP contribution in [0, 0.1) is 12.3 Å². The highest BCUT2D eigenvalue weighted by Crippen LogP contribution is 2.02. The van der Waals surface area contributed by atoms with Crippen LogP contribution in [0.1, 0.15) is 12.5 Å². The Balaban J connectivity index is 2.58. The Morgan fingerprint density at radius 2 is 2.14 bits per heavy atom. The van der Waals surface area contributed by atoms with Crippen molar-refractivity contribution in [1.29, 1.82) is 0 Å². The van der Waals surface area contributed by atoms with Gasteiger partial charge in [-0.05, 0) is 5.56 Å². The molecule has 1 rings (SSSR count). The van der Waals surface area contributed by atoms with Gasteiger partial charge in [0.1, 0.15) is 0 Å². The SMILES string of the molecule is C#C[C@H](Cc1ccccc1)NC(C)=O. The molecule has 0 unspecified atom stereocenters. The Labute approximate surface area is 84.3 Å². The van der Waals surface area contributed by atoms with E-state index in [9.17, 15) is 4.79 Å². The van der Waals surface area contributed by atoms with Crippen LogP contribution in [-0.2, 0) is 11.2 Å². The summed E-state index contributed by atoms with van der Waals surface area (Å²) in [4.78, 5) is 10.8. The number of hydrogen-bond donors (Lipinski definition) is 1. The Bertz CT molecular complexity index is 337. The first-order chi connectivity index (χ1) is 6.72. The van der Waals surface area contributed by atoms with Crippen molar-refractivity contribution >= 4 is 5.91 Å². The van der Waals surface area contributed by atoms with Crippen molar-refractivity contribution in [3.63, 3.8) is 0 Å². The fourth-order valence-electron chi connectivity index (χ4n) is 1.25. The summed E-state index contributed by atoms with van der Waals surface area (Å²) in [5.74, 6) is 2.46. The highest BCUT2D eigenvalue weighted by Gasteiger charge is 2.06. The average Bonchev–Trinajstić information content (AvgIpc) is 2.17. The minimum atomic E-state index is -0.213. The highest BCUT2D eigenvalue weighted by molar-refractivity contribution is 5.73. The maximum atomic E-state index is 10.8. The Morgan fingerprint density at radius 3 is 2.64 bits per heavy atom. The molecule has 0 spiro atoms. The molecule has 2 nitrogen and oxygen atoms in total. The van der Waals surface area contributed by atoms with Gasteiger partial charge in [-0.25, -0.2) is 0 Å². The van der Waals surface area contributed by atoms with Gasteiger partial charge in [-0.15, -0.1) is 6.42 Å². The quantitative estimate of drug-likeness (QED) is 0.711. The van der Waals surface area contributed by atoms with Gasteiger partial charge in [-0.2, -0.15) is 0 Å². The third-order valence-corrected chi connectivity index (χ3v) is 1.86. The molecule has 14 heavy (non-hydrogen) atoms. The van der Waals surface area contributed by atoms with Crippen LogP contribution in [0.2, 0.25) is 0 Å². The smallest absolute Gasteiger partial charge is 0.217 e. The number of benzene rings is 1. The minimum Gasteiger partial charge on any atom is -0.342 e. The largest absolute Gasteiger partial charge is 0.342 e. The van der Waals surface area contributed by atoms with Gasteiger partial charge in [-0.1, -0.05) is 36.3 Å². The summed E-state index contributed by atoms with van der Waals surface area (Å²) in [5, 5.41) is 2.70. The number of hydrogen-bond acceptors (Lipinski definition) is 1. The maximum absolute atomic E-state index is 10.8. The van der Waals surface area contributed by atoms with Crippen molar-refractivity contribution in [2.75, 3.05) is 0 Å². The van der Waals surface area contributed by atoms with Gasteiger partial charge < -0.3 is 5.32 Å². The molecule has 0 bridgehead atoms. The van der Waals surface area contributed by atoms with Gasteiger partial charge in [0.2, 0.25) is 5.91 Å². The van der Waals surface area contributed by atoms with E-state index in [-0.39, 0.29) is 11.9 Å². The van der Waals surface area contributed by atoms with E-state index in [1.165, 1.54) is 6.92 Å². The van der Waals surface area contributed by atoms with E-state index >= 15 is 0 Å². The second-order valence-electron chi connectivity index (χ2n) is 3.11. The molecule has 0 saturated heterocycles. The fourth-order valence-corrected chi connectivity index (χ4v) is 1.25. The molecule has 0 aromatic heterocycles. The van der Waals surface area contributed by atoms with Crippen LogP contribution in [0.4, 0.5) is 0 Å². The van der Waals surface area contributed by atoms with Gasteiger partial charge in [0.05, 0.1) is 6.04 Å². The van der Waals surface area contributed by atoms with Gasteiger partial charge in [0.15, 0.2) is 0 Å². The molecule has 0 aliphatic heterocycles. The lowest BCUT2D eigenvalue weighted by Gasteiger charge is -2.11. The van der Waals surface area contributed by atoms with Crippen LogP contribution in [0.15, 0.2) is 30.3 Å². The number of carbonyl (C=O) groups is 1. The lowest BCUT2D eigenvalue weighted by atomic mass is 10.1. The molecule has 1 atom stereocenters. The molecular weight excluding hydrogens is 174 g/mol. The van der Waals surface area contributed by atoms with Crippen molar-refractivity contribution in [3.05, 3.63) is 35.9 Å². The Kier molecular flexibility index (Phi) is 3.75. The van der Waals surface area contributed by atoms with E-state index in [0.29, 0.717) is 6.42 Å². The molecule has 0 radical (unpaired) electrons. The summed E-state index contributed by atoms with van der Waals surface area (Å²) in [6, 6.07) is 9.63. The van der Waals surface area contributed by atoms with Crippen molar-refractivity contribution in [2.24, 2.45) is 0 Å². The molecule has 72 valence electrons. The Hall–Kier alpha value is -1.75. The van der Waals surface area contributed by atoms with Crippen molar-refractivity contribution in [2.45, 2.75) is 19.4 Å². The average molecular weight is 187 g/mol. The molecule has 2 heteroatoms. The van der Waals surface area contributed by atoms with Crippen molar-refractivity contribution in [1.82, 2.24) is 5.32 Å². The highest BCUT2D eigenvalue weighted by atomic mass is 16.1. The van der Waals surface area contributed by atoms with Crippen molar-refractivity contribution in [3.8, 4) is 12.3 Å². The zero-order chi connectivity index (χ0) is 10.4. The third kappa shape index (κ3) is 3.32. The van der Waals surface area contributed by atoms with Crippen LogP contribution in [0.3, 0.4) is 0 Å². The summed E-state index contributed by atoms with van der Waals surface area (Å²) >= 11 is 0. The molecular formula is C12H13NO. The zero-order valence-corrected chi connectivity index (χ0v) is 8.16. The van der Waals surface area contributed by atoms with Crippen LogP contribution in [0.5, 0.6) is 0 Å². The molecule has 1 aromatic rings. The summed E-state index contributed by atoms with van der Waals surface area (Å²) < 4.78 is 0. The maximum Gasteiger partial charge on any atom is 0.217 e. The number of nitrogens with one attached hydrogen (secondary N) is 1. The van der Waals surface area contributed by atoms with E-state index in [4.69, 9.17) is 6.42 Å². The Morgan fingerprint density at radius 1 is 1.50 bits per heavy atom. The standard InChI is InChI=1S/C12H13NO/c1-3-12(13-10(2)14)9-11-7-5-4-6-8-11/h1,4-8,12H,9H2,2H3,(H,13,14)/t12-/m1/s1. The predicted molar refractivity (Wildman–Crippen MR) is 56.6 cm³/mol. The molecule has 1 amide bonds. The summed E-state index contributed by atoms with van der Waals surface area (Å²) in [7, 11) is 0. The summed E-state index contributed by atoms with van der Waals surface area (Å²) in [6.45, 7) is 1.47. The molecule has 0 aliphatic carbocycles. The number of rotatable bonds is 3. The van der Waals surface area contributed by atoms with Crippen LogP contribution < -0.4 is 5.32 Å². The van der Waals surface area contributed by atoms with E-state index in [2.05, 4.69) is 11.2 Å². The van der Waals surface area contributed by atoms with Gasteiger partial charge in [0.25, 0.3) is 0 Å². The predicted octanol–water partition coefficient (Wildman–Crippen LogP) is 1.37.